The Morgan fingerprint density at radius 1 is 1.70 bits per heavy atom. The van der Waals surface area contributed by atoms with Gasteiger partial charge in [-0.1, -0.05) is 6.08 Å². The third-order valence-corrected chi connectivity index (χ3v) is 0.749. The molecule has 10 heavy (non-hydrogen) atoms. The monoisotopic (exact) mass is 137 g/mol. The number of hydrogen-bond acceptors (Lipinski definition) is 1. The molecule has 0 spiro atoms. The Bertz CT molecular complexity index is 177. The lowest BCUT2D eigenvalue weighted by Crippen LogP contribution is -1.72. The minimum absolute atomic E-state index is 0.625. The first-order chi connectivity index (χ1) is 4.85. The molecule has 54 valence electrons. The van der Waals surface area contributed by atoms with Gasteiger partial charge < -0.3 is 4.98 Å². The highest BCUT2D eigenvalue weighted by Crippen LogP contribution is 1.85. The topological polar surface area (TPSA) is 32.9 Å². The van der Waals surface area contributed by atoms with Crippen molar-refractivity contribution in [1.29, 1.82) is 0 Å². The van der Waals surface area contributed by atoms with E-state index in [1.807, 2.05) is 6.92 Å². The van der Waals surface area contributed by atoms with E-state index in [1.165, 1.54) is 0 Å². The minimum atomic E-state index is 0.625. The van der Waals surface area contributed by atoms with E-state index in [2.05, 4.69) is 11.6 Å². The summed E-state index contributed by atoms with van der Waals surface area (Å²) in [7, 11) is 0. The maximum absolute atomic E-state index is 9.84. The number of aromatic nitrogens is 1. The Balaban J connectivity index is 0.000000236. The number of rotatable bonds is 1. The molecule has 0 aliphatic carbocycles. The second-order valence-corrected chi connectivity index (χ2v) is 1.65. The number of carbonyl (C=O) groups is 1. The molecule has 1 N–H and O–H groups in total. The van der Waals surface area contributed by atoms with Crippen LogP contribution in [0.5, 0.6) is 0 Å². The molecule has 2 heteroatoms. The van der Waals surface area contributed by atoms with E-state index >= 15 is 0 Å². The highest BCUT2D eigenvalue weighted by atomic mass is 16.1. The van der Waals surface area contributed by atoms with Crippen LogP contribution in [0.3, 0.4) is 0 Å². The summed E-state index contributed by atoms with van der Waals surface area (Å²) in [6, 6.07) is 3.50. The van der Waals surface area contributed by atoms with Crippen molar-refractivity contribution in [3.63, 3.8) is 0 Å². The molecule has 1 heterocycles. The number of carbonyl (C=O) groups excluding carboxylic acids is 1. The molecule has 0 unspecified atom stereocenters. The van der Waals surface area contributed by atoms with Crippen molar-refractivity contribution in [3.05, 3.63) is 36.7 Å². The van der Waals surface area contributed by atoms with Crippen molar-refractivity contribution >= 4 is 6.29 Å². The van der Waals surface area contributed by atoms with Crippen molar-refractivity contribution < 1.29 is 4.79 Å². The van der Waals surface area contributed by atoms with Gasteiger partial charge in [0, 0.05) is 6.20 Å². The van der Waals surface area contributed by atoms with Crippen LogP contribution in [0.4, 0.5) is 0 Å². The van der Waals surface area contributed by atoms with Gasteiger partial charge in [-0.3, -0.25) is 4.79 Å². The van der Waals surface area contributed by atoms with Gasteiger partial charge in [0.05, 0.1) is 5.69 Å². The molecule has 0 aliphatic heterocycles. The van der Waals surface area contributed by atoms with Crippen LogP contribution in [0, 0.1) is 0 Å². The molecule has 1 aromatic rings. The van der Waals surface area contributed by atoms with Gasteiger partial charge in [0.15, 0.2) is 6.29 Å². The number of aromatic amines is 1. The first-order valence-electron chi connectivity index (χ1n) is 3.00. The number of H-pyrrole nitrogens is 1. The second kappa shape index (κ2) is 5.82. The molecule has 0 atom stereocenters. The summed E-state index contributed by atoms with van der Waals surface area (Å²) in [6.07, 6.45) is 4.24. The van der Waals surface area contributed by atoms with Crippen LogP contribution in [-0.4, -0.2) is 11.3 Å². The second-order valence-electron chi connectivity index (χ2n) is 1.65. The summed E-state index contributed by atoms with van der Waals surface area (Å²) < 4.78 is 0. The normalized spacial score (nSPS) is 7.30. The molecule has 0 saturated carbocycles. The van der Waals surface area contributed by atoms with Crippen LogP contribution < -0.4 is 0 Å². The standard InChI is InChI=1S/C5H5NO.C3H6/c7-4-5-2-1-3-6-5;1-3-2/h1-4,6H;3H,1H2,2H3. The van der Waals surface area contributed by atoms with E-state index in [9.17, 15) is 4.79 Å². The quantitative estimate of drug-likeness (QED) is 0.466. The third-order valence-electron chi connectivity index (χ3n) is 0.749. The fourth-order valence-electron chi connectivity index (χ4n) is 0.418. The fraction of sp³-hybridized carbons (Fsp3) is 0.125. The van der Waals surface area contributed by atoms with Crippen LogP contribution in [0.1, 0.15) is 17.4 Å². The molecule has 1 rings (SSSR count). The van der Waals surface area contributed by atoms with E-state index in [-0.39, 0.29) is 0 Å². The number of nitrogens with one attached hydrogen (secondary N) is 1. The molecule has 0 aliphatic rings. The summed E-state index contributed by atoms with van der Waals surface area (Å²) in [5.74, 6) is 0. The van der Waals surface area contributed by atoms with Crippen molar-refractivity contribution in [2.45, 2.75) is 6.92 Å². The molecule has 0 fully saturated rings. The lowest BCUT2D eigenvalue weighted by Gasteiger charge is -1.70. The van der Waals surface area contributed by atoms with E-state index < -0.39 is 0 Å². The van der Waals surface area contributed by atoms with Crippen LogP contribution in [-0.2, 0) is 0 Å². The molecule has 0 radical (unpaired) electrons. The zero-order chi connectivity index (χ0) is 7.82. The van der Waals surface area contributed by atoms with Crippen molar-refractivity contribution in [2.75, 3.05) is 0 Å². The third kappa shape index (κ3) is 3.66. The molecular formula is C8H11NO. The molecule has 0 amide bonds. The van der Waals surface area contributed by atoms with Crippen molar-refractivity contribution in [1.82, 2.24) is 4.98 Å². The van der Waals surface area contributed by atoms with E-state index in [0.29, 0.717) is 5.69 Å². The van der Waals surface area contributed by atoms with Gasteiger partial charge in [-0.25, -0.2) is 0 Å². The number of aldehydes is 1. The van der Waals surface area contributed by atoms with Gasteiger partial charge in [0.1, 0.15) is 0 Å². The maximum atomic E-state index is 9.84. The summed E-state index contributed by atoms with van der Waals surface area (Å²) >= 11 is 0. The first-order valence-corrected chi connectivity index (χ1v) is 3.00. The van der Waals surface area contributed by atoms with Gasteiger partial charge in [0.25, 0.3) is 0 Å². The van der Waals surface area contributed by atoms with Crippen LogP contribution in [0.25, 0.3) is 0 Å². The highest BCUT2D eigenvalue weighted by molar-refractivity contribution is 5.71. The molecule has 1 aromatic heterocycles. The predicted octanol–water partition coefficient (Wildman–Crippen LogP) is 2.02. The largest absolute Gasteiger partial charge is 0.359 e. The zero-order valence-corrected chi connectivity index (χ0v) is 6.00. The number of allylic oxidation sites excluding steroid dienone is 1. The number of hydrogen-bond donors (Lipinski definition) is 1. The summed E-state index contributed by atoms with van der Waals surface area (Å²) in [5.41, 5.74) is 0.625. The molecule has 0 saturated heterocycles. The average Bonchev–Trinajstić information content (AvgIpc) is 2.39. The van der Waals surface area contributed by atoms with Gasteiger partial charge in [-0.2, -0.15) is 0 Å². The van der Waals surface area contributed by atoms with Gasteiger partial charge >= 0.3 is 0 Å². The summed E-state index contributed by atoms with van der Waals surface area (Å²) in [6.45, 7) is 5.25. The van der Waals surface area contributed by atoms with Gasteiger partial charge in [-0.15, -0.1) is 6.58 Å². The Kier molecular flexibility index (Phi) is 5.06. The average molecular weight is 137 g/mol. The van der Waals surface area contributed by atoms with Gasteiger partial charge in [0.2, 0.25) is 0 Å². The molecular weight excluding hydrogens is 126 g/mol. The molecule has 2 nitrogen and oxygen atoms in total. The lowest BCUT2D eigenvalue weighted by atomic mass is 10.5. The maximum Gasteiger partial charge on any atom is 0.166 e. The SMILES string of the molecule is C=CC.O=Cc1ccc[nH]1. The summed E-state index contributed by atoms with van der Waals surface area (Å²) in [4.78, 5) is 12.6. The van der Waals surface area contributed by atoms with E-state index in [4.69, 9.17) is 0 Å². The Morgan fingerprint density at radius 2 is 2.30 bits per heavy atom. The fourth-order valence-corrected chi connectivity index (χ4v) is 0.418. The summed E-state index contributed by atoms with van der Waals surface area (Å²) in [5, 5.41) is 0. The highest BCUT2D eigenvalue weighted by Gasteiger charge is 1.81. The Morgan fingerprint density at radius 3 is 2.50 bits per heavy atom. The Labute approximate surface area is 60.6 Å². The van der Waals surface area contributed by atoms with Crippen LogP contribution in [0.2, 0.25) is 0 Å². The van der Waals surface area contributed by atoms with Crippen LogP contribution >= 0.6 is 0 Å². The van der Waals surface area contributed by atoms with Crippen LogP contribution in [0.15, 0.2) is 31.0 Å². The van der Waals surface area contributed by atoms with Crippen molar-refractivity contribution in [3.8, 4) is 0 Å². The zero-order valence-electron chi connectivity index (χ0n) is 6.00. The first kappa shape index (κ1) is 8.69. The minimum Gasteiger partial charge on any atom is -0.359 e. The lowest BCUT2D eigenvalue weighted by molar-refractivity contribution is 0.111. The molecule has 0 bridgehead atoms. The van der Waals surface area contributed by atoms with Gasteiger partial charge in [-0.05, 0) is 19.1 Å². The van der Waals surface area contributed by atoms with Crippen molar-refractivity contribution in [2.24, 2.45) is 0 Å². The van der Waals surface area contributed by atoms with E-state index in [0.717, 1.165) is 6.29 Å². The Hall–Kier alpha value is -1.31. The van der Waals surface area contributed by atoms with E-state index in [1.54, 1.807) is 24.4 Å². The predicted molar refractivity (Wildman–Crippen MR) is 42.1 cm³/mol. The smallest absolute Gasteiger partial charge is 0.166 e. The molecule has 0 aromatic carbocycles.